The highest BCUT2D eigenvalue weighted by atomic mass is 16.2. The van der Waals surface area contributed by atoms with Crippen LogP contribution in [0, 0.1) is 0 Å². The zero-order valence-electron chi connectivity index (χ0n) is 13.7. The van der Waals surface area contributed by atoms with Crippen molar-refractivity contribution in [1.82, 2.24) is 10.2 Å². The molecular formula is C19H22N2O3. The molecule has 1 aromatic rings. The Morgan fingerprint density at radius 1 is 1.00 bits per heavy atom. The fraction of sp³-hybridized carbons (Fsp3) is 0.526. The van der Waals surface area contributed by atoms with Gasteiger partial charge in [0.2, 0.25) is 11.8 Å². The molecule has 4 rings (SSSR count). The van der Waals surface area contributed by atoms with Crippen LogP contribution in [0.15, 0.2) is 18.2 Å². The summed E-state index contributed by atoms with van der Waals surface area (Å²) in [7, 11) is 0. The summed E-state index contributed by atoms with van der Waals surface area (Å²) in [5.74, 6) is -0.129. The molecule has 1 saturated heterocycles. The van der Waals surface area contributed by atoms with Crippen molar-refractivity contribution in [1.29, 1.82) is 0 Å². The van der Waals surface area contributed by atoms with Gasteiger partial charge in [0.15, 0.2) is 0 Å². The Morgan fingerprint density at radius 2 is 1.79 bits per heavy atom. The zero-order valence-corrected chi connectivity index (χ0v) is 13.7. The molecule has 1 aliphatic carbocycles. The lowest BCUT2D eigenvalue weighted by atomic mass is 9.81. The molecule has 3 aliphatic rings. The Balaban J connectivity index is 1.62. The number of piperidine rings is 1. The summed E-state index contributed by atoms with van der Waals surface area (Å²) in [6.45, 7) is 0.493. The molecule has 1 saturated carbocycles. The average molecular weight is 326 g/mol. The van der Waals surface area contributed by atoms with E-state index in [1.807, 2.05) is 12.1 Å². The van der Waals surface area contributed by atoms with Gasteiger partial charge in [-0.25, -0.2) is 0 Å². The molecule has 1 aromatic carbocycles. The number of nitrogens with one attached hydrogen (secondary N) is 1. The number of hydrogen-bond donors (Lipinski definition) is 1. The van der Waals surface area contributed by atoms with Gasteiger partial charge in [0.1, 0.15) is 6.04 Å². The van der Waals surface area contributed by atoms with E-state index in [0.29, 0.717) is 25.3 Å². The number of hydrogen-bond acceptors (Lipinski definition) is 3. The molecule has 3 amide bonds. The number of carbonyl (C=O) groups is 3. The first-order valence-electron chi connectivity index (χ1n) is 8.91. The van der Waals surface area contributed by atoms with E-state index >= 15 is 0 Å². The minimum atomic E-state index is -0.526. The molecule has 0 spiro atoms. The van der Waals surface area contributed by atoms with Gasteiger partial charge in [-0.05, 0) is 42.4 Å². The Hall–Kier alpha value is -2.17. The molecule has 5 nitrogen and oxygen atoms in total. The molecule has 24 heavy (non-hydrogen) atoms. The van der Waals surface area contributed by atoms with Crippen LogP contribution in [-0.4, -0.2) is 28.7 Å². The molecular weight excluding hydrogens is 304 g/mol. The third-order valence-corrected chi connectivity index (χ3v) is 5.66. The van der Waals surface area contributed by atoms with Gasteiger partial charge in [-0.15, -0.1) is 0 Å². The Labute approximate surface area is 141 Å². The van der Waals surface area contributed by atoms with Crippen molar-refractivity contribution >= 4 is 17.7 Å². The van der Waals surface area contributed by atoms with Crippen LogP contribution in [-0.2, 0) is 16.1 Å². The molecule has 1 atom stereocenters. The third-order valence-electron chi connectivity index (χ3n) is 5.66. The summed E-state index contributed by atoms with van der Waals surface area (Å²) in [5, 5.41) is 2.36. The average Bonchev–Trinajstić information content (AvgIpc) is 2.93. The number of rotatable bonds is 2. The van der Waals surface area contributed by atoms with Crippen molar-refractivity contribution in [2.24, 2.45) is 0 Å². The molecule has 126 valence electrons. The number of nitrogens with zero attached hydrogens (tertiary/aromatic N) is 1. The molecule has 0 aromatic heterocycles. The van der Waals surface area contributed by atoms with Gasteiger partial charge in [0.25, 0.3) is 5.91 Å². The molecule has 2 fully saturated rings. The standard InChI is InChI=1S/C19H22N2O3/c22-17-10-9-16(18(23)20-17)21-11-15-13(12-5-2-1-3-6-12)7-4-8-14(15)19(21)24/h4,7-8,12,16H,1-3,5-6,9-11H2,(H,20,22,23). The molecule has 2 aliphatic heterocycles. The maximum Gasteiger partial charge on any atom is 0.255 e. The van der Waals surface area contributed by atoms with Gasteiger partial charge < -0.3 is 4.90 Å². The number of amides is 3. The maximum atomic E-state index is 12.8. The van der Waals surface area contributed by atoms with Crippen LogP contribution >= 0.6 is 0 Å². The molecule has 2 heterocycles. The minimum Gasteiger partial charge on any atom is -0.322 e. The first kappa shape index (κ1) is 15.4. The summed E-state index contributed by atoms with van der Waals surface area (Å²) in [6, 6.07) is 5.46. The molecule has 1 N–H and O–H groups in total. The van der Waals surface area contributed by atoms with Crippen molar-refractivity contribution in [3.05, 3.63) is 34.9 Å². The second-order valence-corrected chi connectivity index (χ2v) is 7.11. The van der Waals surface area contributed by atoms with Gasteiger partial charge >= 0.3 is 0 Å². The summed E-state index contributed by atoms with van der Waals surface area (Å²) >= 11 is 0. The fourth-order valence-electron chi connectivity index (χ4n) is 4.41. The number of fused-ring (bicyclic) bond motifs is 1. The fourth-order valence-corrected chi connectivity index (χ4v) is 4.41. The summed E-state index contributed by atoms with van der Waals surface area (Å²) < 4.78 is 0. The monoisotopic (exact) mass is 326 g/mol. The van der Waals surface area contributed by atoms with Crippen LogP contribution in [0.4, 0.5) is 0 Å². The largest absolute Gasteiger partial charge is 0.322 e. The van der Waals surface area contributed by atoms with E-state index in [1.54, 1.807) is 4.90 Å². The van der Waals surface area contributed by atoms with Crippen molar-refractivity contribution in [2.45, 2.75) is 63.5 Å². The number of imide groups is 1. The quantitative estimate of drug-likeness (QED) is 0.849. The van der Waals surface area contributed by atoms with Gasteiger partial charge in [-0.3, -0.25) is 19.7 Å². The van der Waals surface area contributed by atoms with Crippen molar-refractivity contribution in [2.75, 3.05) is 0 Å². The van der Waals surface area contributed by atoms with E-state index in [-0.39, 0.29) is 17.7 Å². The summed E-state index contributed by atoms with van der Waals surface area (Å²) in [4.78, 5) is 38.0. The third kappa shape index (κ3) is 2.52. The normalized spacial score (nSPS) is 24.9. The highest BCUT2D eigenvalue weighted by Crippen LogP contribution is 2.38. The number of benzene rings is 1. The molecule has 0 radical (unpaired) electrons. The van der Waals surface area contributed by atoms with E-state index < -0.39 is 6.04 Å². The van der Waals surface area contributed by atoms with Gasteiger partial charge in [0, 0.05) is 18.5 Å². The van der Waals surface area contributed by atoms with Crippen LogP contribution in [0.2, 0.25) is 0 Å². The molecule has 5 heteroatoms. The lowest BCUT2D eigenvalue weighted by molar-refractivity contribution is -0.136. The van der Waals surface area contributed by atoms with Crippen molar-refractivity contribution < 1.29 is 14.4 Å². The van der Waals surface area contributed by atoms with E-state index in [2.05, 4.69) is 11.4 Å². The minimum absolute atomic E-state index is 0.0721. The smallest absolute Gasteiger partial charge is 0.255 e. The first-order chi connectivity index (χ1) is 11.6. The van der Waals surface area contributed by atoms with Crippen LogP contribution in [0.3, 0.4) is 0 Å². The van der Waals surface area contributed by atoms with Crippen LogP contribution in [0.5, 0.6) is 0 Å². The summed E-state index contributed by atoms with van der Waals surface area (Å²) in [6.07, 6.45) is 6.88. The topological polar surface area (TPSA) is 66.5 Å². The predicted octanol–water partition coefficient (Wildman–Crippen LogP) is 2.50. The van der Waals surface area contributed by atoms with Crippen LogP contribution in [0.25, 0.3) is 0 Å². The molecule has 1 unspecified atom stereocenters. The zero-order chi connectivity index (χ0) is 16.7. The highest BCUT2D eigenvalue weighted by Gasteiger charge is 2.40. The second-order valence-electron chi connectivity index (χ2n) is 7.11. The van der Waals surface area contributed by atoms with Gasteiger partial charge in [0.05, 0.1) is 0 Å². The Bertz CT molecular complexity index is 707. The van der Waals surface area contributed by atoms with Gasteiger partial charge in [-0.2, -0.15) is 0 Å². The second kappa shape index (κ2) is 6.04. The van der Waals surface area contributed by atoms with E-state index in [9.17, 15) is 14.4 Å². The SMILES string of the molecule is O=C1CCC(N2Cc3c(cccc3C3CCCCC3)C2=O)C(=O)N1. The van der Waals surface area contributed by atoms with E-state index in [4.69, 9.17) is 0 Å². The Kier molecular flexibility index (Phi) is 3.87. The van der Waals surface area contributed by atoms with E-state index in [0.717, 1.165) is 11.1 Å². The lowest BCUT2D eigenvalue weighted by Gasteiger charge is -2.29. The van der Waals surface area contributed by atoms with Crippen LogP contribution in [0.1, 0.15) is 72.3 Å². The summed E-state index contributed by atoms with van der Waals surface area (Å²) in [5.41, 5.74) is 3.12. The predicted molar refractivity (Wildman–Crippen MR) is 88.3 cm³/mol. The van der Waals surface area contributed by atoms with Crippen molar-refractivity contribution in [3.8, 4) is 0 Å². The maximum absolute atomic E-state index is 12.8. The van der Waals surface area contributed by atoms with Gasteiger partial charge in [-0.1, -0.05) is 31.4 Å². The van der Waals surface area contributed by atoms with Crippen LogP contribution < -0.4 is 5.32 Å². The number of carbonyl (C=O) groups excluding carboxylic acids is 3. The molecule has 0 bridgehead atoms. The van der Waals surface area contributed by atoms with Crippen molar-refractivity contribution in [3.63, 3.8) is 0 Å². The lowest BCUT2D eigenvalue weighted by Crippen LogP contribution is -2.52. The first-order valence-corrected chi connectivity index (χ1v) is 8.91. The Morgan fingerprint density at radius 3 is 2.54 bits per heavy atom. The highest BCUT2D eigenvalue weighted by molar-refractivity contribution is 6.05. The van der Waals surface area contributed by atoms with E-state index in [1.165, 1.54) is 37.7 Å².